The minimum atomic E-state index is -1.11. The molecule has 8 heteroatoms. The molecule has 0 saturated carbocycles. The molecule has 0 atom stereocenters. The van der Waals surface area contributed by atoms with Gasteiger partial charge in [-0.3, -0.25) is 0 Å². The zero-order chi connectivity index (χ0) is 18.0. The number of hydrogen-bond donors (Lipinski definition) is 1. The normalized spacial score (nSPS) is 11.7. The summed E-state index contributed by atoms with van der Waals surface area (Å²) >= 11 is 6.90. The van der Waals surface area contributed by atoms with E-state index in [0.29, 0.717) is 22.4 Å². The van der Waals surface area contributed by atoms with Gasteiger partial charge in [0.15, 0.2) is 0 Å². The largest absolute Gasteiger partial charge is 0.477 e. The molecular weight excluding hydrogens is 364 g/mol. The molecule has 0 aliphatic carbocycles. The second-order valence-corrected chi connectivity index (χ2v) is 6.59. The summed E-state index contributed by atoms with van der Waals surface area (Å²) in [7, 11) is 0. The molecule has 0 bridgehead atoms. The number of halogens is 1. The second-order valence-electron chi connectivity index (χ2n) is 5.16. The first-order chi connectivity index (χ1) is 11.9. The SMILES string of the molecule is Cc1nnc(S/C(=C/c2ccc(-c3cc(Cl)ccc3C)o2)C(=O)O)o1. The highest BCUT2D eigenvalue weighted by Gasteiger charge is 2.16. The topological polar surface area (TPSA) is 89.4 Å². The molecule has 6 nitrogen and oxygen atoms in total. The summed E-state index contributed by atoms with van der Waals surface area (Å²) in [5.74, 6) is 0.256. The zero-order valence-electron chi connectivity index (χ0n) is 13.3. The van der Waals surface area contributed by atoms with Gasteiger partial charge in [-0.25, -0.2) is 4.79 Å². The molecule has 1 N–H and O–H groups in total. The van der Waals surface area contributed by atoms with Crippen LogP contribution in [0.15, 0.2) is 49.3 Å². The number of carbonyl (C=O) groups is 1. The molecule has 128 valence electrons. The van der Waals surface area contributed by atoms with Crippen LogP contribution >= 0.6 is 23.4 Å². The van der Waals surface area contributed by atoms with Crippen LogP contribution < -0.4 is 0 Å². The second kappa shape index (κ2) is 7.16. The van der Waals surface area contributed by atoms with Crippen molar-refractivity contribution in [3.8, 4) is 11.3 Å². The van der Waals surface area contributed by atoms with Crippen LogP contribution in [0.1, 0.15) is 17.2 Å². The number of benzene rings is 1. The van der Waals surface area contributed by atoms with E-state index in [1.165, 1.54) is 6.08 Å². The third kappa shape index (κ3) is 4.12. The fraction of sp³-hybridized carbons (Fsp3) is 0.118. The standard InChI is InChI=1S/C17H13ClN2O4S/c1-9-3-4-11(18)7-13(9)14-6-5-12(24-14)8-15(16(21)22)25-17-20-19-10(2)23-17/h3-8H,1-2H3,(H,21,22)/b15-8+. The van der Waals surface area contributed by atoms with Gasteiger partial charge in [-0.05, 0) is 48.5 Å². The number of aromatic nitrogens is 2. The summed E-state index contributed by atoms with van der Waals surface area (Å²) in [5.41, 5.74) is 1.85. The Bertz CT molecular complexity index is 961. The number of rotatable bonds is 5. The van der Waals surface area contributed by atoms with E-state index in [1.807, 2.05) is 13.0 Å². The smallest absolute Gasteiger partial charge is 0.342 e. The number of carboxylic acid groups (broad SMARTS) is 1. The van der Waals surface area contributed by atoms with Gasteiger partial charge < -0.3 is 13.9 Å². The first kappa shape index (κ1) is 17.3. The zero-order valence-corrected chi connectivity index (χ0v) is 14.9. The Morgan fingerprint density at radius 2 is 2.00 bits per heavy atom. The van der Waals surface area contributed by atoms with Crippen molar-refractivity contribution in [3.05, 3.63) is 57.5 Å². The van der Waals surface area contributed by atoms with Crippen LogP contribution in [0.3, 0.4) is 0 Å². The third-order valence-electron chi connectivity index (χ3n) is 3.28. The number of aliphatic carboxylic acids is 1. The lowest BCUT2D eigenvalue weighted by atomic mass is 10.1. The maximum absolute atomic E-state index is 11.5. The van der Waals surface area contributed by atoms with E-state index in [1.54, 1.807) is 31.2 Å². The van der Waals surface area contributed by atoms with Crippen LogP contribution in [0.25, 0.3) is 17.4 Å². The molecule has 0 amide bonds. The van der Waals surface area contributed by atoms with Crippen molar-refractivity contribution in [1.82, 2.24) is 10.2 Å². The Labute approximate surface area is 152 Å². The van der Waals surface area contributed by atoms with E-state index in [4.69, 9.17) is 20.4 Å². The fourth-order valence-corrected chi connectivity index (χ4v) is 2.98. The summed E-state index contributed by atoms with van der Waals surface area (Å²) in [4.78, 5) is 11.5. The van der Waals surface area contributed by atoms with Crippen LogP contribution in [0.2, 0.25) is 5.02 Å². The molecule has 0 radical (unpaired) electrons. The van der Waals surface area contributed by atoms with E-state index in [0.717, 1.165) is 22.9 Å². The Balaban J connectivity index is 1.90. The van der Waals surface area contributed by atoms with Gasteiger partial charge in [0.25, 0.3) is 5.22 Å². The highest BCUT2D eigenvalue weighted by Crippen LogP contribution is 2.31. The van der Waals surface area contributed by atoms with Crippen molar-refractivity contribution in [2.45, 2.75) is 19.1 Å². The minimum Gasteiger partial charge on any atom is -0.477 e. The van der Waals surface area contributed by atoms with Crippen molar-refractivity contribution >= 4 is 35.4 Å². The van der Waals surface area contributed by atoms with Gasteiger partial charge in [-0.1, -0.05) is 17.7 Å². The van der Waals surface area contributed by atoms with E-state index in [9.17, 15) is 9.90 Å². The first-order valence-corrected chi connectivity index (χ1v) is 8.41. The number of nitrogens with zero attached hydrogens (tertiary/aromatic N) is 2. The highest BCUT2D eigenvalue weighted by atomic mass is 35.5. The van der Waals surface area contributed by atoms with E-state index in [-0.39, 0.29) is 10.1 Å². The summed E-state index contributed by atoms with van der Waals surface area (Å²) in [6.45, 7) is 3.58. The molecule has 0 unspecified atom stereocenters. The molecule has 2 aromatic heterocycles. The maximum Gasteiger partial charge on any atom is 0.342 e. The van der Waals surface area contributed by atoms with Crippen LogP contribution in [0.5, 0.6) is 0 Å². The predicted octanol–water partition coefficient (Wildman–Crippen LogP) is 4.82. The Morgan fingerprint density at radius 3 is 2.68 bits per heavy atom. The molecule has 25 heavy (non-hydrogen) atoms. The van der Waals surface area contributed by atoms with Crippen molar-refractivity contribution in [1.29, 1.82) is 0 Å². The summed E-state index contributed by atoms with van der Waals surface area (Å²) in [6.07, 6.45) is 1.41. The molecule has 0 fully saturated rings. The van der Waals surface area contributed by atoms with Gasteiger partial charge in [-0.15, -0.1) is 10.2 Å². The Hall–Kier alpha value is -2.51. The monoisotopic (exact) mass is 376 g/mol. The van der Waals surface area contributed by atoms with Crippen LogP contribution in [0, 0.1) is 13.8 Å². The van der Waals surface area contributed by atoms with Crippen molar-refractivity contribution in [3.63, 3.8) is 0 Å². The Kier molecular flexibility index (Phi) is 4.96. The highest BCUT2D eigenvalue weighted by molar-refractivity contribution is 8.03. The van der Waals surface area contributed by atoms with Crippen molar-refractivity contribution < 1.29 is 18.7 Å². The molecule has 0 spiro atoms. The van der Waals surface area contributed by atoms with Gasteiger partial charge >= 0.3 is 5.97 Å². The molecule has 3 aromatic rings. The summed E-state index contributed by atoms with van der Waals surface area (Å²) < 4.78 is 10.9. The number of furan rings is 1. The quantitative estimate of drug-likeness (QED) is 0.504. The van der Waals surface area contributed by atoms with Gasteiger partial charge in [0.05, 0.1) is 0 Å². The molecule has 2 heterocycles. The Morgan fingerprint density at radius 1 is 1.20 bits per heavy atom. The van der Waals surface area contributed by atoms with E-state index in [2.05, 4.69) is 10.2 Å². The summed E-state index contributed by atoms with van der Waals surface area (Å²) in [5, 5.41) is 17.6. The minimum absolute atomic E-state index is 0.00682. The third-order valence-corrected chi connectivity index (χ3v) is 4.37. The van der Waals surface area contributed by atoms with Gasteiger partial charge in [0, 0.05) is 23.6 Å². The molecule has 0 aliphatic rings. The van der Waals surface area contributed by atoms with E-state index >= 15 is 0 Å². The number of thioether (sulfide) groups is 1. The molecule has 3 rings (SSSR count). The number of aryl methyl sites for hydroxylation is 2. The lowest BCUT2D eigenvalue weighted by Gasteiger charge is -2.03. The van der Waals surface area contributed by atoms with Gasteiger partial charge in [0.1, 0.15) is 16.4 Å². The van der Waals surface area contributed by atoms with Crippen LogP contribution in [-0.2, 0) is 4.79 Å². The van der Waals surface area contributed by atoms with E-state index < -0.39 is 5.97 Å². The predicted molar refractivity (Wildman–Crippen MR) is 94.4 cm³/mol. The first-order valence-electron chi connectivity index (χ1n) is 7.21. The lowest BCUT2D eigenvalue weighted by molar-refractivity contribution is -0.131. The van der Waals surface area contributed by atoms with Crippen molar-refractivity contribution in [2.75, 3.05) is 0 Å². The molecule has 1 aromatic carbocycles. The number of hydrogen-bond acceptors (Lipinski definition) is 6. The van der Waals surface area contributed by atoms with Crippen molar-refractivity contribution in [2.24, 2.45) is 0 Å². The fourth-order valence-electron chi connectivity index (χ4n) is 2.11. The molecular formula is C17H13ClN2O4S. The van der Waals surface area contributed by atoms with Crippen LogP contribution in [0.4, 0.5) is 0 Å². The lowest BCUT2D eigenvalue weighted by Crippen LogP contribution is -1.96. The molecule has 0 aliphatic heterocycles. The van der Waals surface area contributed by atoms with Crippen LogP contribution in [-0.4, -0.2) is 21.3 Å². The average Bonchev–Trinajstić information content (AvgIpc) is 3.18. The average molecular weight is 377 g/mol. The summed E-state index contributed by atoms with van der Waals surface area (Å²) in [6, 6.07) is 8.96. The maximum atomic E-state index is 11.5. The van der Waals surface area contributed by atoms with Gasteiger partial charge in [0.2, 0.25) is 5.89 Å². The van der Waals surface area contributed by atoms with Gasteiger partial charge in [-0.2, -0.15) is 0 Å². The number of carboxylic acids is 1. The molecule has 0 saturated heterocycles.